The number of hydrogen-bond acceptors (Lipinski definition) is 7. The SMILES string of the molecule is CC/C=C/C/C=C/C/C=C/C/C=C/C/C=C/CCCC(=O)O[C@H](COC(=O)CCCCCCC/C=C/C/C=C/CCCCC)COP(=O)(O)OCC[N+](C)(C)C. The molecule has 2 atom stereocenters. The zero-order chi connectivity index (χ0) is 41.4. The Hall–Kier alpha value is -2.81. The van der Waals surface area contributed by atoms with Gasteiger partial charge in [0, 0.05) is 12.8 Å². The summed E-state index contributed by atoms with van der Waals surface area (Å²) in [6.07, 6.45) is 47.8. The van der Waals surface area contributed by atoms with E-state index in [1.807, 2.05) is 27.2 Å². The molecule has 9 nitrogen and oxygen atoms in total. The molecule has 0 saturated carbocycles. The summed E-state index contributed by atoms with van der Waals surface area (Å²) in [7, 11) is 1.42. The highest BCUT2D eigenvalue weighted by Crippen LogP contribution is 2.43. The Morgan fingerprint density at radius 2 is 1.04 bits per heavy atom. The van der Waals surface area contributed by atoms with Gasteiger partial charge in [0.2, 0.25) is 0 Å². The van der Waals surface area contributed by atoms with Crippen molar-refractivity contribution in [3.63, 3.8) is 0 Å². The molecule has 10 heteroatoms. The number of phosphoric ester groups is 1. The lowest BCUT2D eigenvalue weighted by atomic mass is 10.1. The number of hydrogen-bond donors (Lipinski definition) is 1. The smallest absolute Gasteiger partial charge is 0.462 e. The Balaban J connectivity index is 4.53. The summed E-state index contributed by atoms with van der Waals surface area (Å²) in [6, 6.07) is 0. The lowest BCUT2D eigenvalue weighted by Gasteiger charge is -2.24. The van der Waals surface area contributed by atoms with Crippen molar-refractivity contribution in [2.45, 2.75) is 148 Å². The first-order chi connectivity index (χ1) is 27.0. The molecule has 0 aliphatic carbocycles. The fourth-order valence-corrected chi connectivity index (χ4v) is 5.82. The Labute approximate surface area is 341 Å². The van der Waals surface area contributed by atoms with Gasteiger partial charge in [0.25, 0.3) is 0 Å². The van der Waals surface area contributed by atoms with Crippen molar-refractivity contribution in [3.05, 3.63) is 85.1 Å². The highest BCUT2D eigenvalue weighted by molar-refractivity contribution is 7.47. The van der Waals surface area contributed by atoms with Gasteiger partial charge in [0.05, 0.1) is 27.7 Å². The van der Waals surface area contributed by atoms with Crippen molar-refractivity contribution in [1.29, 1.82) is 0 Å². The van der Waals surface area contributed by atoms with Crippen LogP contribution in [0.5, 0.6) is 0 Å². The molecule has 0 saturated heterocycles. The van der Waals surface area contributed by atoms with Gasteiger partial charge in [0.1, 0.15) is 19.8 Å². The van der Waals surface area contributed by atoms with Crippen molar-refractivity contribution in [2.24, 2.45) is 0 Å². The van der Waals surface area contributed by atoms with Gasteiger partial charge in [-0.3, -0.25) is 18.6 Å². The van der Waals surface area contributed by atoms with Gasteiger partial charge in [-0.25, -0.2) is 4.57 Å². The lowest BCUT2D eigenvalue weighted by molar-refractivity contribution is -0.870. The predicted molar refractivity (Wildman–Crippen MR) is 233 cm³/mol. The molecular weight excluding hydrogens is 725 g/mol. The highest BCUT2D eigenvalue weighted by atomic mass is 31.2. The molecule has 0 amide bonds. The van der Waals surface area contributed by atoms with Gasteiger partial charge in [-0.2, -0.15) is 0 Å². The van der Waals surface area contributed by atoms with E-state index < -0.39 is 32.5 Å². The summed E-state index contributed by atoms with van der Waals surface area (Å²) in [5.74, 6) is -0.893. The van der Waals surface area contributed by atoms with E-state index in [-0.39, 0.29) is 26.1 Å². The number of allylic oxidation sites excluding steroid dienone is 14. The second kappa shape index (κ2) is 37.7. The van der Waals surface area contributed by atoms with E-state index in [2.05, 4.69) is 92.8 Å². The summed E-state index contributed by atoms with van der Waals surface area (Å²) in [6.45, 7) is 4.17. The van der Waals surface area contributed by atoms with Crippen LogP contribution in [0, 0.1) is 0 Å². The third-order valence-corrected chi connectivity index (χ3v) is 9.39. The lowest BCUT2D eigenvalue weighted by Crippen LogP contribution is -2.37. The predicted octanol–water partition coefficient (Wildman–Crippen LogP) is 12.0. The van der Waals surface area contributed by atoms with Gasteiger partial charge in [0.15, 0.2) is 6.10 Å². The number of likely N-dealkylation sites (N-methyl/N-ethyl adjacent to an activating group) is 1. The van der Waals surface area contributed by atoms with Crippen molar-refractivity contribution >= 4 is 19.8 Å². The highest BCUT2D eigenvalue weighted by Gasteiger charge is 2.27. The molecule has 0 fully saturated rings. The van der Waals surface area contributed by atoms with Crippen LogP contribution in [0.25, 0.3) is 0 Å². The first-order valence-electron chi connectivity index (χ1n) is 21.3. The van der Waals surface area contributed by atoms with E-state index in [1.165, 1.54) is 25.7 Å². The minimum atomic E-state index is -4.40. The zero-order valence-corrected chi connectivity index (χ0v) is 36.7. The fourth-order valence-electron chi connectivity index (χ4n) is 5.08. The minimum Gasteiger partial charge on any atom is -0.462 e. The third kappa shape index (κ3) is 40.8. The normalized spacial score (nSPS) is 14.5. The number of ether oxygens (including phenoxy) is 2. The van der Waals surface area contributed by atoms with Crippen LogP contribution in [-0.4, -0.2) is 74.9 Å². The number of phosphoric acid groups is 1. The van der Waals surface area contributed by atoms with Crippen molar-refractivity contribution < 1.29 is 42.1 Å². The average Bonchev–Trinajstić information content (AvgIpc) is 3.15. The molecule has 1 N–H and O–H groups in total. The Bertz CT molecular complexity index is 1230. The number of unbranched alkanes of at least 4 members (excludes halogenated alkanes) is 9. The zero-order valence-electron chi connectivity index (χ0n) is 35.8. The quantitative estimate of drug-likeness (QED) is 0.0217. The molecule has 0 aromatic carbocycles. The summed E-state index contributed by atoms with van der Waals surface area (Å²) in [5, 5.41) is 0. The van der Waals surface area contributed by atoms with Gasteiger partial charge in [-0.15, -0.1) is 0 Å². The van der Waals surface area contributed by atoms with Crippen LogP contribution in [-0.2, 0) is 32.7 Å². The molecule has 0 aliphatic rings. The van der Waals surface area contributed by atoms with E-state index in [0.717, 1.165) is 70.6 Å². The Morgan fingerprint density at radius 1 is 0.571 bits per heavy atom. The number of quaternary nitrogens is 1. The van der Waals surface area contributed by atoms with Crippen molar-refractivity contribution in [2.75, 3.05) is 47.5 Å². The summed E-state index contributed by atoms with van der Waals surface area (Å²) in [5.41, 5.74) is 0. The summed E-state index contributed by atoms with van der Waals surface area (Å²) in [4.78, 5) is 35.3. The average molecular weight is 805 g/mol. The fraction of sp³-hybridized carbons (Fsp3) is 0.652. The number of nitrogens with zero attached hydrogens (tertiary/aromatic N) is 1. The Morgan fingerprint density at radius 3 is 1.57 bits per heavy atom. The van der Waals surface area contributed by atoms with Crippen LogP contribution in [0.2, 0.25) is 0 Å². The molecular formula is C46H79NO8P+. The monoisotopic (exact) mass is 805 g/mol. The first kappa shape index (κ1) is 53.2. The number of carbonyl (C=O) groups excluding carboxylic acids is 2. The largest absolute Gasteiger partial charge is 0.472 e. The molecule has 0 radical (unpaired) electrons. The van der Waals surface area contributed by atoms with E-state index in [0.29, 0.717) is 30.3 Å². The molecule has 0 aliphatic heterocycles. The van der Waals surface area contributed by atoms with Crippen LogP contribution in [0.3, 0.4) is 0 Å². The van der Waals surface area contributed by atoms with Crippen molar-refractivity contribution in [1.82, 2.24) is 0 Å². The second-order valence-electron chi connectivity index (χ2n) is 15.0. The molecule has 0 rings (SSSR count). The number of rotatable bonds is 37. The van der Waals surface area contributed by atoms with Crippen LogP contribution >= 0.6 is 7.82 Å². The molecule has 1 unspecified atom stereocenters. The van der Waals surface area contributed by atoms with E-state index in [4.69, 9.17) is 18.5 Å². The second-order valence-corrected chi connectivity index (χ2v) is 16.4. The van der Waals surface area contributed by atoms with Gasteiger partial charge in [-0.05, 0) is 83.5 Å². The summed E-state index contributed by atoms with van der Waals surface area (Å²) < 4.78 is 34.2. The molecule has 320 valence electrons. The molecule has 56 heavy (non-hydrogen) atoms. The summed E-state index contributed by atoms with van der Waals surface area (Å²) >= 11 is 0. The van der Waals surface area contributed by atoms with Crippen LogP contribution in [0.4, 0.5) is 0 Å². The topological polar surface area (TPSA) is 108 Å². The maximum atomic E-state index is 12.7. The minimum absolute atomic E-state index is 0.0140. The number of carbonyl (C=O) groups is 2. The van der Waals surface area contributed by atoms with E-state index in [9.17, 15) is 19.0 Å². The first-order valence-corrected chi connectivity index (χ1v) is 22.8. The van der Waals surface area contributed by atoms with Gasteiger partial charge >= 0.3 is 19.8 Å². The molecule has 0 aromatic heterocycles. The van der Waals surface area contributed by atoms with E-state index >= 15 is 0 Å². The van der Waals surface area contributed by atoms with Gasteiger partial charge < -0.3 is 18.9 Å². The third-order valence-electron chi connectivity index (χ3n) is 8.41. The maximum absolute atomic E-state index is 12.7. The van der Waals surface area contributed by atoms with Crippen LogP contribution < -0.4 is 0 Å². The molecule has 0 heterocycles. The molecule has 0 spiro atoms. The standard InChI is InChI=1S/C46H78NO8P/c1-6-8-10-12-14-16-18-20-22-23-25-27-29-31-33-35-37-39-46(49)55-44(43-54-56(50,51)53-41-40-47(3,4)5)42-52-45(48)38-36-34-32-30-28-26-24-21-19-17-15-13-11-9-7-2/h8,10,14-17,20-22,24-25,27,31,33,44H,6-7,9,11-13,18-19,23,26,28-30,32,34-43H2,1-5H3/p+1/b10-8+,16-14+,17-15+,22-20+,24-21+,27-25+,33-31+/t44-/m1/s1. The Kier molecular flexibility index (Phi) is 35.9. The van der Waals surface area contributed by atoms with Crippen LogP contribution in [0.15, 0.2) is 85.1 Å². The molecule has 0 bridgehead atoms. The number of esters is 2. The van der Waals surface area contributed by atoms with Crippen LogP contribution in [0.1, 0.15) is 142 Å². The van der Waals surface area contributed by atoms with E-state index in [1.54, 1.807) is 0 Å². The molecule has 0 aromatic rings. The van der Waals surface area contributed by atoms with Crippen molar-refractivity contribution in [3.8, 4) is 0 Å². The maximum Gasteiger partial charge on any atom is 0.472 e. The van der Waals surface area contributed by atoms with Gasteiger partial charge in [-0.1, -0.05) is 131 Å².